The number of fused-ring (bicyclic) bond motifs is 1. The number of aryl methyl sites for hydroxylation is 1. The smallest absolute Gasteiger partial charge is 0.375 e. The summed E-state index contributed by atoms with van der Waals surface area (Å²) in [6, 6.07) is 6.75. The van der Waals surface area contributed by atoms with E-state index in [1.54, 1.807) is 17.9 Å². The quantitative estimate of drug-likeness (QED) is 0.684. The average Bonchev–Trinajstić information content (AvgIpc) is 3.19. The summed E-state index contributed by atoms with van der Waals surface area (Å²) in [6.07, 6.45) is 1.09. The monoisotopic (exact) mass is 407 g/mol. The molecule has 1 amide bonds. The summed E-state index contributed by atoms with van der Waals surface area (Å²) in [4.78, 5) is 26.8. The molecule has 2 atom stereocenters. The highest BCUT2D eigenvalue weighted by Crippen LogP contribution is 2.26. The van der Waals surface area contributed by atoms with E-state index in [4.69, 9.17) is 9.15 Å². The maximum Gasteiger partial charge on any atom is 0.375 e. The van der Waals surface area contributed by atoms with Crippen molar-refractivity contribution >= 4 is 32.7 Å². The van der Waals surface area contributed by atoms with Gasteiger partial charge in [0.05, 0.1) is 11.5 Å². The molecule has 0 spiro atoms. The van der Waals surface area contributed by atoms with E-state index < -0.39 is 28.3 Å². The minimum atomic E-state index is -3.13. The highest BCUT2D eigenvalue weighted by molar-refractivity contribution is 7.91. The third-order valence-electron chi connectivity index (χ3n) is 5.31. The second-order valence-corrected chi connectivity index (χ2v) is 9.47. The molecular formula is C20H25NO6S. The molecule has 1 aliphatic rings. The third kappa shape index (κ3) is 4.06. The number of hydrogen-bond acceptors (Lipinski definition) is 6. The molecule has 152 valence electrons. The number of esters is 1. The van der Waals surface area contributed by atoms with Crippen molar-refractivity contribution in [2.45, 2.75) is 45.7 Å². The first-order chi connectivity index (χ1) is 13.2. The Morgan fingerprint density at radius 1 is 1.32 bits per heavy atom. The van der Waals surface area contributed by atoms with Crippen LogP contribution in [0.4, 0.5) is 0 Å². The van der Waals surface area contributed by atoms with Crippen molar-refractivity contribution in [1.29, 1.82) is 0 Å². The fourth-order valence-corrected chi connectivity index (χ4v) is 5.35. The summed E-state index contributed by atoms with van der Waals surface area (Å²) in [5.41, 5.74) is 1.24. The minimum Gasteiger partial charge on any atom is -0.450 e. The lowest BCUT2D eigenvalue weighted by Gasteiger charge is -2.33. The summed E-state index contributed by atoms with van der Waals surface area (Å²) in [7, 11) is -3.13. The van der Waals surface area contributed by atoms with E-state index in [1.165, 1.54) is 0 Å². The van der Waals surface area contributed by atoms with Crippen molar-refractivity contribution in [3.8, 4) is 0 Å². The van der Waals surface area contributed by atoms with Gasteiger partial charge in [-0.05, 0) is 32.8 Å². The zero-order valence-electron chi connectivity index (χ0n) is 16.3. The van der Waals surface area contributed by atoms with Crippen LogP contribution < -0.4 is 0 Å². The van der Waals surface area contributed by atoms with Gasteiger partial charge in [0.15, 0.2) is 16.4 Å². The lowest BCUT2D eigenvalue weighted by atomic mass is 10.1. The largest absolute Gasteiger partial charge is 0.450 e. The Labute approximate surface area is 164 Å². The predicted octanol–water partition coefficient (Wildman–Crippen LogP) is 2.71. The van der Waals surface area contributed by atoms with E-state index in [-0.39, 0.29) is 29.3 Å². The molecule has 2 aromatic rings. The van der Waals surface area contributed by atoms with Crippen LogP contribution in [-0.4, -0.2) is 55.4 Å². The molecule has 0 aliphatic carbocycles. The molecule has 2 heterocycles. The number of amides is 1. The standard InChI is InChI=1S/C20H25NO6S/c1-4-13(2)21(15-9-10-28(24,25)12-15)18(22)11-26-20(23)19-14(3)16-7-5-6-8-17(16)27-19/h5-8,13,15H,4,9-12H2,1-3H3/t13-,15+/m0/s1. The molecule has 0 bridgehead atoms. The first-order valence-electron chi connectivity index (χ1n) is 9.40. The maximum atomic E-state index is 12.8. The van der Waals surface area contributed by atoms with Gasteiger partial charge in [0, 0.05) is 23.0 Å². The number of nitrogens with zero attached hydrogens (tertiary/aromatic N) is 1. The summed E-state index contributed by atoms with van der Waals surface area (Å²) >= 11 is 0. The van der Waals surface area contributed by atoms with Gasteiger partial charge in [0.1, 0.15) is 5.58 Å². The van der Waals surface area contributed by atoms with Crippen LogP contribution in [0.1, 0.15) is 42.8 Å². The molecule has 1 aromatic carbocycles. The lowest BCUT2D eigenvalue weighted by Crippen LogP contribution is -2.48. The molecule has 0 radical (unpaired) electrons. The van der Waals surface area contributed by atoms with E-state index in [2.05, 4.69) is 0 Å². The Balaban J connectivity index is 1.71. The number of ether oxygens (including phenoxy) is 1. The number of hydrogen-bond donors (Lipinski definition) is 0. The number of furan rings is 1. The van der Waals surface area contributed by atoms with Gasteiger partial charge in [-0.15, -0.1) is 0 Å². The zero-order valence-corrected chi connectivity index (χ0v) is 17.1. The van der Waals surface area contributed by atoms with Gasteiger partial charge in [-0.1, -0.05) is 25.1 Å². The van der Waals surface area contributed by atoms with Crippen molar-refractivity contribution in [3.05, 3.63) is 35.6 Å². The molecule has 7 nitrogen and oxygen atoms in total. The molecule has 28 heavy (non-hydrogen) atoms. The van der Waals surface area contributed by atoms with E-state index in [0.29, 0.717) is 24.0 Å². The minimum absolute atomic E-state index is 0.0420. The van der Waals surface area contributed by atoms with Gasteiger partial charge in [-0.2, -0.15) is 0 Å². The van der Waals surface area contributed by atoms with Crippen molar-refractivity contribution in [3.63, 3.8) is 0 Å². The van der Waals surface area contributed by atoms with Crippen molar-refractivity contribution in [2.75, 3.05) is 18.1 Å². The van der Waals surface area contributed by atoms with Crippen LogP contribution in [0.25, 0.3) is 11.0 Å². The van der Waals surface area contributed by atoms with Gasteiger partial charge in [0.2, 0.25) is 5.76 Å². The lowest BCUT2D eigenvalue weighted by molar-refractivity contribution is -0.138. The van der Waals surface area contributed by atoms with Gasteiger partial charge < -0.3 is 14.1 Å². The molecule has 0 unspecified atom stereocenters. The molecule has 8 heteroatoms. The van der Waals surface area contributed by atoms with Crippen LogP contribution >= 0.6 is 0 Å². The normalized spacial score (nSPS) is 19.5. The van der Waals surface area contributed by atoms with E-state index in [1.807, 2.05) is 32.0 Å². The molecule has 3 rings (SSSR count). The first kappa shape index (κ1) is 20.4. The summed E-state index contributed by atoms with van der Waals surface area (Å²) in [5, 5.41) is 0.818. The predicted molar refractivity (Wildman–Crippen MR) is 105 cm³/mol. The number of sulfone groups is 1. The molecule has 1 aliphatic heterocycles. The van der Waals surface area contributed by atoms with E-state index in [9.17, 15) is 18.0 Å². The van der Waals surface area contributed by atoms with Crippen LogP contribution in [0.5, 0.6) is 0 Å². The Hall–Kier alpha value is -2.35. The molecule has 1 saturated heterocycles. The highest BCUT2D eigenvalue weighted by Gasteiger charge is 2.37. The van der Waals surface area contributed by atoms with Gasteiger partial charge >= 0.3 is 5.97 Å². The molecule has 1 fully saturated rings. The van der Waals surface area contributed by atoms with Crippen molar-refractivity contribution in [1.82, 2.24) is 4.90 Å². The Kier molecular flexibility index (Phi) is 5.79. The maximum absolute atomic E-state index is 12.8. The number of carbonyl (C=O) groups excluding carboxylic acids is 2. The summed E-state index contributed by atoms with van der Waals surface area (Å²) < 4.78 is 34.4. The van der Waals surface area contributed by atoms with Crippen molar-refractivity contribution < 1.29 is 27.2 Å². The fraction of sp³-hybridized carbons (Fsp3) is 0.500. The number of benzene rings is 1. The van der Waals surface area contributed by atoms with Gasteiger partial charge in [-0.25, -0.2) is 13.2 Å². The first-order valence-corrected chi connectivity index (χ1v) is 11.2. The third-order valence-corrected chi connectivity index (χ3v) is 7.06. The summed E-state index contributed by atoms with van der Waals surface area (Å²) in [5.74, 6) is -0.980. The van der Waals surface area contributed by atoms with Crippen LogP contribution in [0.3, 0.4) is 0 Å². The molecule has 0 N–H and O–H groups in total. The Morgan fingerprint density at radius 3 is 2.64 bits per heavy atom. The second-order valence-electron chi connectivity index (χ2n) is 7.24. The number of para-hydroxylation sites is 1. The number of rotatable bonds is 6. The number of carbonyl (C=O) groups is 2. The molecule has 1 aromatic heterocycles. The van der Waals surface area contributed by atoms with Crippen LogP contribution in [0, 0.1) is 6.92 Å². The fourth-order valence-electron chi connectivity index (χ4n) is 3.64. The van der Waals surface area contributed by atoms with Crippen LogP contribution in [0.15, 0.2) is 28.7 Å². The Bertz CT molecular complexity index is 993. The second kappa shape index (κ2) is 7.95. The molecular weight excluding hydrogens is 382 g/mol. The Morgan fingerprint density at radius 2 is 2.04 bits per heavy atom. The van der Waals surface area contributed by atoms with Gasteiger partial charge in [0.25, 0.3) is 5.91 Å². The SMILES string of the molecule is CC[C@H](C)N(C(=O)COC(=O)c1oc2ccccc2c1C)[C@@H]1CCS(=O)(=O)C1. The highest BCUT2D eigenvalue weighted by atomic mass is 32.2. The average molecular weight is 407 g/mol. The van der Waals surface area contributed by atoms with Gasteiger partial charge in [-0.3, -0.25) is 4.79 Å². The summed E-state index contributed by atoms with van der Waals surface area (Å²) in [6.45, 7) is 5.11. The van der Waals surface area contributed by atoms with Crippen LogP contribution in [0.2, 0.25) is 0 Å². The van der Waals surface area contributed by atoms with E-state index in [0.717, 1.165) is 5.39 Å². The van der Waals surface area contributed by atoms with E-state index >= 15 is 0 Å². The molecule has 0 saturated carbocycles. The zero-order chi connectivity index (χ0) is 20.5. The van der Waals surface area contributed by atoms with Crippen LogP contribution in [-0.2, 0) is 19.4 Å². The topological polar surface area (TPSA) is 93.9 Å². The van der Waals surface area contributed by atoms with Crippen molar-refractivity contribution in [2.24, 2.45) is 0 Å².